The van der Waals surface area contributed by atoms with Crippen LogP contribution in [0.4, 0.5) is 0 Å². The Morgan fingerprint density at radius 1 is 1.42 bits per heavy atom. The monoisotopic (exact) mass is 346 g/mol. The molecule has 0 radical (unpaired) electrons. The number of hydrogen-bond donors (Lipinski definition) is 1. The number of sulfonamides is 1. The van der Waals surface area contributed by atoms with Crippen molar-refractivity contribution in [2.75, 3.05) is 7.05 Å². The summed E-state index contributed by atoms with van der Waals surface area (Å²) >= 11 is 3.27. The summed E-state index contributed by atoms with van der Waals surface area (Å²) in [7, 11) is -2.12. The molecule has 0 spiro atoms. The second kappa shape index (κ2) is 4.88. The lowest BCUT2D eigenvalue weighted by Gasteiger charge is -2.17. The van der Waals surface area contributed by atoms with Crippen LogP contribution in [0.2, 0.25) is 0 Å². The Bertz CT molecular complexity index is 639. The van der Waals surface area contributed by atoms with Gasteiger partial charge in [-0.2, -0.15) is 0 Å². The molecule has 1 aromatic carbocycles. The number of carbonyl (C=O) groups excluding carboxylic acids is 1. The predicted molar refractivity (Wildman–Crippen MR) is 75.4 cm³/mol. The molecule has 0 aromatic heterocycles. The van der Waals surface area contributed by atoms with Crippen LogP contribution in [0.3, 0.4) is 0 Å². The van der Waals surface area contributed by atoms with Gasteiger partial charge < -0.3 is 4.90 Å². The topological polar surface area (TPSA) is 80.5 Å². The fourth-order valence-corrected chi connectivity index (χ4v) is 3.32. The summed E-state index contributed by atoms with van der Waals surface area (Å²) in [6, 6.07) is 3.24. The molecule has 0 bridgehead atoms. The lowest BCUT2D eigenvalue weighted by atomic mass is 10.1. The number of halogens is 1. The van der Waals surface area contributed by atoms with E-state index in [1.165, 1.54) is 6.07 Å². The first-order chi connectivity index (χ1) is 8.71. The lowest BCUT2D eigenvalue weighted by Crippen LogP contribution is -2.29. The molecule has 0 saturated heterocycles. The molecular weight excluding hydrogens is 332 g/mol. The quantitative estimate of drug-likeness (QED) is 0.903. The van der Waals surface area contributed by atoms with Crippen molar-refractivity contribution in [1.82, 2.24) is 4.90 Å². The van der Waals surface area contributed by atoms with Gasteiger partial charge in [-0.05, 0) is 37.5 Å². The summed E-state index contributed by atoms with van der Waals surface area (Å²) in [5, 5.41) is 5.17. The van der Waals surface area contributed by atoms with E-state index in [-0.39, 0.29) is 16.8 Å². The maximum Gasteiger partial charge on any atom is 0.253 e. The Morgan fingerprint density at radius 3 is 2.47 bits per heavy atom. The molecule has 2 rings (SSSR count). The molecule has 2 N–H and O–H groups in total. The summed E-state index contributed by atoms with van der Waals surface area (Å²) in [6.45, 7) is 1.64. The van der Waals surface area contributed by atoms with Crippen LogP contribution in [0, 0.1) is 6.92 Å². The number of benzene rings is 1. The summed E-state index contributed by atoms with van der Waals surface area (Å²) < 4.78 is 23.6. The zero-order valence-corrected chi connectivity index (χ0v) is 13.1. The smallest absolute Gasteiger partial charge is 0.253 e. The number of hydrogen-bond acceptors (Lipinski definition) is 3. The van der Waals surface area contributed by atoms with Gasteiger partial charge in [0.2, 0.25) is 10.0 Å². The van der Waals surface area contributed by atoms with E-state index in [2.05, 4.69) is 15.9 Å². The van der Waals surface area contributed by atoms with Gasteiger partial charge in [0.15, 0.2) is 0 Å². The van der Waals surface area contributed by atoms with E-state index in [0.29, 0.717) is 15.6 Å². The van der Waals surface area contributed by atoms with Crippen LogP contribution in [0.1, 0.15) is 28.8 Å². The molecule has 1 saturated carbocycles. The van der Waals surface area contributed by atoms with E-state index in [4.69, 9.17) is 5.14 Å². The van der Waals surface area contributed by atoms with Crippen molar-refractivity contribution in [3.8, 4) is 0 Å². The number of nitrogens with two attached hydrogens (primary N) is 1. The number of amides is 1. The minimum atomic E-state index is -3.84. The van der Waals surface area contributed by atoms with E-state index in [1.807, 2.05) is 0 Å². The average molecular weight is 347 g/mol. The Balaban J connectivity index is 2.47. The highest BCUT2D eigenvalue weighted by Crippen LogP contribution is 2.29. The van der Waals surface area contributed by atoms with Crippen molar-refractivity contribution in [3.05, 3.63) is 27.7 Å². The van der Waals surface area contributed by atoms with Crippen molar-refractivity contribution < 1.29 is 13.2 Å². The molecule has 1 aromatic rings. The van der Waals surface area contributed by atoms with Crippen molar-refractivity contribution >= 4 is 31.9 Å². The van der Waals surface area contributed by atoms with Crippen LogP contribution < -0.4 is 5.14 Å². The number of nitrogens with zero attached hydrogens (tertiary/aromatic N) is 1. The van der Waals surface area contributed by atoms with Gasteiger partial charge in [0, 0.05) is 23.1 Å². The van der Waals surface area contributed by atoms with Gasteiger partial charge in [0.05, 0.1) is 4.90 Å². The highest BCUT2D eigenvalue weighted by molar-refractivity contribution is 9.10. The van der Waals surface area contributed by atoms with Gasteiger partial charge in [0.1, 0.15) is 0 Å². The molecular formula is C12H15BrN2O3S. The van der Waals surface area contributed by atoms with E-state index in [1.54, 1.807) is 24.9 Å². The summed E-state index contributed by atoms with van der Waals surface area (Å²) in [4.78, 5) is 13.9. The number of carbonyl (C=O) groups is 1. The van der Waals surface area contributed by atoms with Crippen LogP contribution in [-0.4, -0.2) is 32.3 Å². The first-order valence-corrected chi connectivity index (χ1v) is 8.16. The van der Waals surface area contributed by atoms with Gasteiger partial charge in [-0.3, -0.25) is 4.79 Å². The zero-order valence-electron chi connectivity index (χ0n) is 10.7. The van der Waals surface area contributed by atoms with E-state index < -0.39 is 10.0 Å². The van der Waals surface area contributed by atoms with Crippen LogP contribution in [-0.2, 0) is 10.0 Å². The molecule has 1 aliphatic carbocycles. The third-order valence-electron chi connectivity index (χ3n) is 3.27. The summed E-state index contributed by atoms with van der Waals surface area (Å²) in [5.41, 5.74) is 0.837. The fraction of sp³-hybridized carbons (Fsp3) is 0.417. The normalized spacial score (nSPS) is 15.4. The molecule has 1 aliphatic rings. The molecule has 0 unspecified atom stereocenters. The van der Waals surface area contributed by atoms with Crippen LogP contribution >= 0.6 is 15.9 Å². The van der Waals surface area contributed by atoms with E-state index in [0.717, 1.165) is 12.8 Å². The third-order valence-corrected chi connectivity index (χ3v) is 5.13. The van der Waals surface area contributed by atoms with Gasteiger partial charge in [-0.15, -0.1) is 0 Å². The second-order valence-electron chi connectivity index (χ2n) is 4.77. The molecule has 1 fully saturated rings. The van der Waals surface area contributed by atoms with Crippen LogP contribution in [0.15, 0.2) is 21.5 Å². The Morgan fingerprint density at radius 2 is 2.00 bits per heavy atom. The molecule has 104 valence electrons. The maximum absolute atomic E-state index is 12.2. The first-order valence-electron chi connectivity index (χ1n) is 5.82. The van der Waals surface area contributed by atoms with E-state index >= 15 is 0 Å². The molecule has 7 heteroatoms. The van der Waals surface area contributed by atoms with Gasteiger partial charge in [-0.25, -0.2) is 13.6 Å². The minimum absolute atomic E-state index is 0.0191. The maximum atomic E-state index is 12.2. The van der Waals surface area contributed by atoms with Crippen molar-refractivity contribution in [2.45, 2.75) is 30.7 Å². The highest BCUT2D eigenvalue weighted by Gasteiger charge is 2.30. The first kappa shape index (κ1) is 14.5. The second-order valence-corrected chi connectivity index (χ2v) is 7.16. The van der Waals surface area contributed by atoms with Gasteiger partial charge >= 0.3 is 0 Å². The molecule has 0 aliphatic heterocycles. The average Bonchev–Trinajstić information content (AvgIpc) is 3.13. The third kappa shape index (κ3) is 2.98. The zero-order chi connectivity index (χ0) is 14.4. The van der Waals surface area contributed by atoms with Gasteiger partial charge in [0.25, 0.3) is 5.91 Å². The number of primary sulfonamides is 1. The summed E-state index contributed by atoms with van der Waals surface area (Å²) in [6.07, 6.45) is 1.99. The van der Waals surface area contributed by atoms with Crippen LogP contribution in [0.5, 0.6) is 0 Å². The van der Waals surface area contributed by atoms with Crippen molar-refractivity contribution in [3.63, 3.8) is 0 Å². The SMILES string of the molecule is Cc1c(Br)cc(C(=O)N(C)C2CC2)cc1S(N)(=O)=O. The molecule has 0 heterocycles. The summed E-state index contributed by atoms with van der Waals surface area (Å²) in [5.74, 6) is -0.187. The number of rotatable bonds is 3. The Labute approximate surface area is 121 Å². The molecule has 0 atom stereocenters. The standard InChI is InChI=1S/C12H15BrN2O3S/c1-7-10(13)5-8(6-11(7)19(14,17)18)12(16)15(2)9-3-4-9/h5-6,9H,3-4H2,1-2H3,(H2,14,17,18). The lowest BCUT2D eigenvalue weighted by molar-refractivity contribution is 0.0785. The Kier molecular flexibility index (Phi) is 3.72. The van der Waals surface area contributed by atoms with Gasteiger partial charge in [-0.1, -0.05) is 15.9 Å². The van der Waals surface area contributed by atoms with E-state index in [9.17, 15) is 13.2 Å². The molecule has 5 nitrogen and oxygen atoms in total. The highest BCUT2D eigenvalue weighted by atomic mass is 79.9. The van der Waals surface area contributed by atoms with Crippen molar-refractivity contribution in [2.24, 2.45) is 5.14 Å². The molecule has 1 amide bonds. The van der Waals surface area contributed by atoms with Crippen molar-refractivity contribution in [1.29, 1.82) is 0 Å². The van der Waals surface area contributed by atoms with Crippen LogP contribution in [0.25, 0.3) is 0 Å². The fourth-order valence-electron chi connectivity index (χ4n) is 1.90. The molecule has 19 heavy (non-hydrogen) atoms. The largest absolute Gasteiger partial charge is 0.339 e. The Hall–Kier alpha value is -0.920. The minimum Gasteiger partial charge on any atom is -0.339 e. The predicted octanol–water partition coefficient (Wildman–Crippen LogP) is 1.64.